The van der Waals surface area contributed by atoms with Gasteiger partial charge in [-0.2, -0.15) is 0 Å². The first-order valence-corrected chi connectivity index (χ1v) is 10.1. The van der Waals surface area contributed by atoms with Crippen molar-refractivity contribution in [3.8, 4) is 0 Å². The second-order valence-electron chi connectivity index (χ2n) is 7.27. The van der Waals surface area contributed by atoms with Gasteiger partial charge in [0.15, 0.2) is 0 Å². The van der Waals surface area contributed by atoms with Gasteiger partial charge in [0.2, 0.25) is 0 Å². The van der Waals surface area contributed by atoms with E-state index in [1.165, 1.54) is 25.7 Å². The average Bonchev–Trinajstić information content (AvgIpc) is 2.98. The van der Waals surface area contributed by atoms with E-state index in [2.05, 4.69) is 15.2 Å². The van der Waals surface area contributed by atoms with Crippen LogP contribution in [0.4, 0.5) is 10.5 Å². The van der Waals surface area contributed by atoms with E-state index in [1.54, 1.807) is 18.0 Å². The van der Waals surface area contributed by atoms with E-state index in [9.17, 15) is 9.59 Å². The second-order valence-corrected chi connectivity index (χ2v) is 7.27. The molecule has 0 unspecified atom stereocenters. The molecule has 148 valence electrons. The van der Waals surface area contributed by atoms with E-state index in [0.29, 0.717) is 25.3 Å². The number of carbonyl (C=O) groups is 2. The van der Waals surface area contributed by atoms with Crippen LogP contribution in [0.2, 0.25) is 0 Å². The molecule has 2 saturated heterocycles. The van der Waals surface area contributed by atoms with Gasteiger partial charge in [-0.15, -0.1) is 0 Å². The summed E-state index contributed by atoms with van der Waals surface area (Å²) in [5.41, 5.74) is 1.63. The lowest BCUT2D eigenvalue weighted by atomic mass is 10.0. The molecule has 7 heteroatoms. The number of hydrogen-bond donors (Lipinski definition) is 1. The maximum Gasteiger partial charge on any atom is 0.409 e. The quantitative estimate of drug-likeness (QED) is 0.877. The lowest BCUT2D eigenvalue weighted by molar-refractivity contribution is 0.0860. The zero-order valence-corrected chi connectivity index (χ0v) is 16.2. The smallest absolute Gasteiger partial charge is 0.409 e. The lowest BCUT2D eigenvalue weighted by Gasteiger charge is -2.31. The molecule has 1 aromatic heterocycles. The molecule has 2 amide bonds. The molecule has 2 fully saturated rings. The molecule has 27 heavy (non-hydrogen) atoms. The summed E-state index contributed by atoms with van der Waals surface area (Å²) in [6.45, 7) is 5.46. The van der Waals surface area contributed by atoms with Gasteiger partial charge >= 0.3 is 6.09 Å². The zero-order valence-electron chi connectivity index (χ0n) is 16.2. The Morgan fingerprint density at radius 1 is 1.11 bits per heavy atom. The second kappa shape index (κ2) is 9.58. The number of nitrogens with zero attached hydrogens (tertiary/aromatic N) is 3. The average molecular weight is 374 g/mol. The number of amides is 2. The first-order valence-electron chi connectivity index (χ1n) is 10.1. The maximum atomic E-state index is 12.7. The minimum absolute atomic E-state index is 0.0741. The molecule has 0 atom stereocenters. The number of carbonyl (C=O) groups excluding carboxylic acids is 2. The van der Waals surface area contributed by atoms with E-state index in [0.717, 1.165) is 31.6 Å². The van der Waals surface area contributed by atoms with E-state index < -0.39 is 0 Å². The van der Waals surface area contributed by atoms with E-state index in [4.69, 9.17) is 4.74 Å². The van der Waals surface area contributed by atoms with Crippen LogP contribution in [0.25, 0.3) is 0 Å². The van der Waals surface area contributed by atoms with Crippen LogP contribution in [0.15, 0.2) is 18.5 Å². The maximum absolute atomic E-state index is 12.7. The Balaban J connectivity index is 1.54. The van der Waals surface area contributed by atoms with E-state index >= 15 is 0 Å². The van der Waals surface area contributed by atoms with Gasteiger partial charge in [-0.3, -0.25) is 9.78 Å². The molecule has 0 aliphatic carbocycles. The van der Waals surface area contributed by atoms with E-state index in [1.807, 2.05) is 12.3 Å². The predicted octanol–water partition coefficient (Wildman–Crippen LogP) is 2.81. The molecule has 2 aliphatic heterocycles. The Morgan fingerprint density at radius 2 is 1.81 bits per heavy atom. The summed E-state index contributed by atoms with van der Waals surface area (Å²) in [6.07, 6.45) is 9.61. The predicted molar refractivity (Wildman–Crippen MR) is 104 cm³/mol. The van der Waals surface area contributed by atoms with Gasteiger partial charge in [-0.05, 0) is 38.7 Å². The lowest BCUT2D eigenvalue weighted by Crippen LogP contribution is -2.46. The van der Waals surface area contributed by atoms with Gasteiger partial charge in [0.05, 0.1) is 24.1 Å². The van der Waals surface area contributed by atoms with Gasteiger partial charge < -0.3 is 19.9 Å². The summed E-state index contributed by atoms with van der Waals surface area (Å²) in [7, 11) is 0. The summed E-state index contributed by atoms with van der Waals surface area (Å²) in [5.74, 6) is -0.0891. The van der Waals surface area contributed by atoms with Crippen LogP contribution in [-0.2, 0) is 4.74 Å². The first-order chi connectivity index (χ1) is 13.2. The Morgan fingerprint density at radius 3 is 2.48 bits per heavy atom. The number of rotatable bonds is 4. The molecule has 0 aromatic carbocycles. The van der Waals surface area contributed by atoms with Crippen molar-refractivity contribution in [3.63, 3.8) is 0 Å². The number of aromatic nitrogens is 1. The third-order valence-corrected chi connectivity index (χ3v) is 5.31. The van der Waals surface area contributed by atoms with Crippen molar-refractivity contribution in [2.24, 2.45) is 0 Å². The van der Waals surface area contributed by atoms with Crippen LogP contribution >= 0.6 is 0 Å². The van der Waals surface area contributed by atoms with Crippen molar-refractivity contribution < 1.29 is 14.3 Å². The summed E-state index contributed by atoms with van der Waals surface area (Å²) in [5, 5.41) is 3.09. The highest BCUT2D eigenvalue weighted by molar-refractivity contribution is 5.95. The number of pyridine rings is 1. The molecule has 2 aliphatic rings. The standard InChI is InChI=1S/C20H30N4O3/c1-2-27-20(26)24-11-7-17(8-12-24)22-19(25)16-13-18(15-21-14-16)23-9-5-3-4-6-10-23/h13-15,17H,2-12H2,1H3,(H,22,25). The SMILES string of the molecule is CCOC(=O)N1CCC(NC(=O)c2cncc(N3CCCCCC3)c2)CC1. The molecule has 3 rings (SSSR count). The van der Waals surface area contributed by atoms with Crippen LogP contribution in [-0.4, -0.2) is 60.7 Å². The van der Waals surface area contributed by atoms with Crippen LogP contribution in [0.1, 0.15) is 55.8 Å². The molecule has 0 saturated carbocycles. The van der Waals surface area contributed by atoms with Crippen molar-refractivity contribution in [1.29, 1.82) is 0 Å². The van der Waals surface area contributed by atoms with Crippen molar-refractivity contribution in [1.82, 2.24) is 15.2 Å². The number of ether oxygens (including phenoxy) is 1. The van der Waals surface area contributed by atoms with Crippen molar-refractivity contribution >= 4 is 17.7 Å². The van der Waals surface area contributed by atoms with Crippen molar-refractivity contribution in [3.05, 3.63) is 24.0 Å². The topological polar surface area (TPSA) is 74.8 Å². The molecule has 1 aromatic rings. The summed E-state index contributed by atoms with van der Waals surface area (Å²) in [6, 6.07) is 2.02. The fourth-order valence-corrected chi connectivity index (χ4v) is 3.74. The minimum atomic E-state index is -0.267. The van der Waals surface area contributed by atoms with Gasteiger partial charge in [0, 0.05) is 38.4 Å². The van der Waals surface area contributed by atoms with Gasteiger partial charge in [-0.1, -0.05) is 12.8 Å². The minimum Gasteiger partial charge on any atom is -0.450 e. The molecule has 3 heterocycles. The fourth-order valence-electron chi connectivity index (χ4n) is 3.74. The van der Waals surface area contributed by atoms with Gasteiger partial charge in [-0.25, -0.2) is 4.79 Å². The van der Waals surface area contributed by atoms with Gasteiger partial charge in [0.1, 0.15) is 0 Å². The molecule has 0 spiro atoms. The van der Waals surface area contributed by atoms with Crippen LogP contribution in [0.5, 0.6) is 0 Å². The normalized spacial score (nSPS) is 18.7. The van der Waals surface area contributed by atoms with E-state index in [-0.39, 0.29) is 18.0 Å². The summed E-state index contributed by atoms with van der Waals surface area (Å²) in [4.78, 5) is 32.7. The third-order valence-electron chi connectivity index (χ3n) is 5.31. The number of hydrogen-bond acceptors (Lipinski definition) is 5. The molecule has 0 radical (unpaired) electrons. The van der Waals surface area contributed by atoms with Crippen LogP contribution < -0.4 is 10.2 Å². The van der Waals surface area contributed by atoms with Crippen LogP contribution in [0, 0.1) is 0 Å². The Bertz CT molecular complexity index is 636. The molecular weight excluding hydrogens is 344 g/mol. The highest BCUT2D eigenvalue weighted by atomic mass is 16.6. The number of likely N-dealkylation sites (tertiary alicyclic amines) is 1. The monoisotopic (exact) mass is 374 g/mol. The highest BCUT2D eigenvalue weighted by Gasteiger charge is 2.25. The Labute approximate surface area is 161 Å². The summed E-state index contributed by atoms with van der Waals surface area (Å²) >= 11 is 0. The number of piperidine rings is 1. The molecule has 7 nitrogen and oxygen atoms in total. The van der Waals surface area contributed by atoms with Crippen LogP contribution in [0.3, 0.4) is 0 Å². The van der Waals surface area contributed by atoms with Gasteiger partial charge in [0.25, 0.3) is 5.91 Å². The molecular formula is C20H30N4O3. The zero-order chi connectivity index (χ0) is 19.1. The third kappa shape index (κ3) is 5.34. The summed E-state index contributed by atoms with van der Waals surface area (Å²) < 4.78 is 5.03. The Hall–Kier alpha value is -2.31. The first kappa shape index (κ1) is 19.5. The molecule has 1 N–H and O–H groups in total. The Kier molecular flexibility index (Phi) is 6.90. The molecule has 0 bridgehead atoms. The highest BCUT2D eigenvalue weighted by Crippen LogP contribution is 2.20. The van der Waals surface area contributed by atoms with Crippen molar-refractivity contribution in [2.75, 3.05) is 37.7 Å². The fraction of sp³-hybridized carbons (Fsp3) is 0.650. The largest absolute Gasteiger partial charge is 0.450 e. The number of nitrogens with one attached hydrogen (secondary N) is 1. The number of anilines is 1. The van der Waals surface area contributed by atoms with Crippen molar-refractivity contribution in [2.45, 2.75) is 51.5 Å².